The van der Waals surface area contributed by atoms with Crippen LogP contribution in [0.25, 0.3) is 0 Å². The predicted molar refractivity (Wildman–Crippen MR) is 53.6 cm³/mol. The number of aliphatic hydroxyl groups excluding tert-OH is 1. The summed E-state index contributed by atoms with van der Waals surface area (Å²) >= 11 is 5.62. The quantitative estimate of drug-likeness (QED) is 0.564. The maximum absolute atomic E-state index is 11.1. The van der Waals surface area contributed by atoms with Gasteiger partial charge in [-0.15, -0.1) is 0 Å². The van der Waals surface area contributed by atoms with Crippen LogP contribution in [0.5, 0.6) is 0 Å². The fourth-order valence-electron chi connectivity index (χ4n) is 0.912. The van der Waals surface area contributed by atoms with Gasteiger partial charge in [-0.05, 0) is 0 Å². The minimum Gasteiger partial charge on any atom is -0.467 e. The molecule has 0 amide bonds. The topological polar surface area (TPSA) is 84.3 Å². The van der Waals surface area contributed by atoms with Gasteiger partial charge in [-0.2, -0.15) is 0 Å². The first-order valence-corrected chi connectivity index (χ1v) is 4.48. The van der Waals surface area contributed by atoms with Crippen molar-refractivity contribution in [2.75, 3.05) is 19.0 Å². The second kappa shape index (κ2) is 5.47. The number of nitrogens with one attached hydrogen (secondary N) is 1. The summed E-state index contributed by atoms with van der Waals surface area (Å²) in [5, 5.41) is 11.8. The van der Waals surface area contributed by atoms with Gasteiger partial charge in [-0.3, -0.25) is 0 Å². The molecule has 1 unspecified atom stereocenters. The van der Waals surface area contributed by atoms with Gasteiger partial charge in [0.05, 0.1) is 13.7 Å². The summed E-state index contributed by atoms with van der Waals surface area (Å²) in [5.41, 5.74) is 0. The highest BCUT2D eigenvalue weighted by Gasteiger charge is 2.18. The van der Waals surface area contributed by atoms with Crippen molar-refractivity contribution >= 4 is 23.4 Å². The molecular formula is C8H10ClN3O3. The van der Waals surface area contributed by atoms with E-state index in [1.54, 1.807) is 0 Å². The Morgan fingerprint density at radius 2 is 2.47 bits per heavy atom. The number of anilines is 1. The van der Waals surface area contributed by atoms with Crippen LogP contribution in [-0.4, -0.2) is 40.8 Å². The van der Waals surface area contributed by atoms with Crippen molar-refractivity contribution in [3.05, 3.63) is 17.5 Å². The highest BCUT2D eigenvalue weighted by Crippen LogP contribution is 2.09. The summed E-state index contributed by atoms with van der Waals surface area (Å²) in [6, 6.07) is 0.577. The van der Waals surface area contributed by atoms with E-state index >= 15 is 0 Å². The fraction of sp³-hybridized carbons (Fsp3) is 0.375. The van der Waals surface area contributed by atoms with E-state index in [1.807, 2.05) is 0 Å². The summed E-state index contributed by atoms with van der Waals surface area (Å²) in [4.78, 5) is 18.6. The molecule has 0 saturated heterocycles. The van der Waals surface area contributed by atoms with Crippen molar-refractivity contribution in [2.24, 2.45) is 0 Å². The molecule has 82 valence electrons. The second-order valence-corrected chi connectivity index (χ2v) is 3.02. The molecule has 7 heteroatoms. The van der Waals surface area contributed by atoms with E-state index in [9.17, 15) is 4.79 Å². The maximum Gasteiger partial charge on any atom is 0.330 e. The summed E-state index contributed by atoms with van der Waals surface area (Å²) in [6.07, 6.45) is 1.25. The molecule has 0 radical (unpaired) electrons. The van der Waals surface area contributed by atoms with Crippen LogP contribution >= 0.6 is 11.6 Å². The first kappa shape index (κ1) is 11.7. The Bertz CT molecular complexity index is 348. The third-order valence-corrected chi connectivity index (χ3v) is 1.83. The molecule has 0 aromatic carbocycles. The summed E-state index contributed by atoms with van der Waals surface area (Å²) in [6.45, 7) is -0.395. The number of aliphatic hydroxyl groups is 1. The Hall–Kier alpha value is -1.40. The SMILES string of the molecule is COC(=O)C(CO)Nc1cc(Cl)ncn1. The molecule has 0 aliphatic heterocycles. The van der Waals surface area contributed by atoms with Crippen LogP contribution in [0.1, 0.15) is 0 Å². The van der Waals surface area contributed by atoms with Gasteiger partial charge in [0.2, 0.25) is 0 Å². The number of esters is 1. The van der Waals surface area contributed by atoms with Crippen molar-refractivity contribution in [3.63, 3.8) is 0 Å². The molecule has 0 aliphatic carbocycles. The Kier molecular flexibility index (Phi) is 4.26. The van der Waals surface area contributed by atoms with Gasteiger partial charge in [0.1, 0.15) is 23.3 Å². The number of ether oxygens (including phenoxy) is 1. The van der Waals surface area contributed by atoms with Gasteiger partial charge < -0.3 is 15.2 Å². The normalized spacial score (nSPS) is 11.9. The summed E-state index contributed by atoms with van der Waals surface area (Å²) in [7, 11) is 1.24. The molecule has 0 fully saturated rings. The van der Waals surface area contributed by atoms with Crippen molar-refractivity contribution in [1.29, 1.82) is 0 Å². The molecule has 15 heavy (non-hydrogen) atoms. The first-order valence-electron chi connectivity index (χ1n) is 4.10. The molecule has 1 atom stereocenters. The van der Waals surface area contributed by atoms with Crippen LogP contribution in [0.4, 0.5) is 5.82 Å². The standard InChI is InChI=1S/C8H10ClN3O3/c1-15-8(14)5(3-13)12-7-2-6(9)10-4-11-7/h2,4-5,13H,3H2,1H3,(H,10,11,12). The van der Waals surface area contributed by atoms with E-state index in [0.717, 1.165) is 0 Å². The van der Waals surface area contributed by atoms with E-state index in [1.165, 1.54) is 19.5 Å². The van der Waals surface area contributed by atoms with E-state index in [0.29, 0.717) is 5.82 Å². The molecular weight excluding hydrogens is 222 g/mol. The van der Waals surface area contributed by atoms with E-state index in [2.05, 4.69) is 20.0 Å². The number of halogens is 1. The van der Waals surface area contributed by atoms with Crippen LogP contribution < -0.4 is 5.32 Å². The van der Waals surface area contributed by atoms with E-state index in [4.69, 9.17) is 16.7 Å². The van der Waals surface area contributed by atoms with E-state index in [-0.39, 0.29) is 5.15 Å². The number of carbonyl (C=O) groups is 1. The number of hydrogen-bond acceptors (Lipinski definition) is 6. The number of rotatable bonds is 4. The summed E-state index contributed by atoms with van der Waals surface area (Å²) < 4.78 is 4.47. The molecule has 1 aromatic rings. The molecule has 1 aromatic heterocycles. The number of methoxy groups -OCH3 is 1. The lowest BCUT2D eigenvalue weighted by Crippen LogP contribution is -2.34. The highest BCUT2D eigenvalue weighted by molar-refractivity contribution is 6.29. The zero-order chi connectivity index (χ0) is 11.3. The number of hydrogen-bond donors (Lipinski definition) is 2. The molecule has 0 saturated carbocycles. The first-order chi connectivity index (χ1) is 7.17. The third-order valence-electron chi connectivity index (χ3n) is 1.62. The largest absolute Gasteiger partial charge is 0.467 e. The van der Waals surface area contributed by atoms with Crippen molar-refractivity contribution in [1.82, 2.24) is 9.97 Å². The van der Waals surface area contributed by atoms with Gasteiger partial charge in [-0.1, -0.05) is 11.6 Å². The monoisotopic (exact) mass is 231 g/mol. The maximum atomic E-state index is 11.1. The van der Waals surface area contributed by atoms with Gasteiger partial charge in [0.15, 0.2) is 0 Å². The third kappa shape index (κ3) is 3.34. The van der Waals surface area contributed by atoms with Crippen LogP contribution in [0, 0.1) is 0 Å². The molecule has 1 rings (SSSR count). The van der Waals surface area contributed by atoms with Gasteiger partial charge >= 0.3 is 5.97 Å². The Morgan fingerprint density at radius 3 is 3.00 bits per heavy atom. The lowest BCUT2D eigenvalue weighted by Gasteiger charge is -2.13. The van der Waals surface area contributed by atoms with Crippen LogP contribution in [0.15, 0.2) is 12.4 Å². The second-order valence-electron chi connectivity index (χ2n) is 2.63. The Balaban J connectivity index is 2.70. The Morgan fingerprint density at radius 1 is 1.73 bits per heavy atom. The number of carbonyl (C=O) groups excluding carboxylic acids is 1. The van der Waals surface area contributed by atoms with Crippen LogP contribution in [0.2, 0.25) is 5.15 Å². The zero-order valence-electron chi connectivity index (χ0n) is 7.98. The summed E-state index contributed by atoms with van der Waals surface area (Å²) in [5.74, 6) is -0.230. The van der Waals surface area contributed by atoms with Gasteiger partial charge in [0, 0.05) is 6.07 Å². The van der Waals surface area contributed by atoms with Crippen molar-refractivity contribution < 1.29 is 14.6 Å². The zero-order valence-corrected chi connectivity index (χ0v) is 8.73. The van der Waals surface area contributed by atoms with Gasteiger partial charge in [-0.25, -0.2) is 14.8 Å². The average Bonchev–Trinajstić information content (AvgIpc) is 2.25. The smallest absolute Gasteiger partial charge is 0.330 e. The van der Waals surface area contributed by atoms with Gasteiger partial charge in [0.25, 0.3) is 0 Å². The number of aromatic nitrogens is 2. The molecule has 0 aliphatic rings. The minimum atomic E-state index is -0.860. The lowest BCUT2D eigenvalue weighted by molar-refractivity contribution is -0.142. The average molecular weight is 232 g/mol. The van der Waals surface area contributed by atoms with Crippen LogP contribution in [0.3, 0.4) is 0 Å². The predicted octanol–water partition coefficient (Wildman–Crippen LogP) is 0.0758. The molecule has 6 nitrogen and oxygen atoms in total. The highest BCUT2D eigenvalue weighted by atomic mass is 35.5. The Labute approximate surface area is 91.3 Å². The molecule has 0 spiro atoms. The van der Waals surface area contributed by atoms with Crippen molar-refractivity contribution in [3.8, 4) is 0 Å². The minimum absolute atomic E-state index is 0.244. The van der Waals surface area contributed by atoms with Crippen LogP contribution in [-0.2, 0) is 9.53 Å². The molecule has 1 heterocycles. The fourth-order valence-corrected chi connectivity index (χ4v) is 1.06. The van der Waals surface area contributed by atoms with Crippen molar-refractivity contribution in [2.45, 2.75) is 6.04 Å². The van der Waals surface area contributed by atoms with E-state index < -0.39 is 18.6 Å². The lowest BCUT2D eigenvalue weighted by atomic mass is 10.3. The number of nitrogens with zero attached hydrogens (tertiary/aromatic N) is 2. The molecule has 2 N–H and O–H groups in total. The molecule has 0 bridgehead atoms.